The van der Waals surface area contributed by atoms with Crippen LogP contribution in [0.4, 0.5) is 4.39 Å². The maximum Gasteiger partial charge on any atom is 0.268 e. The van der Waals surface area contributed by atoms with E-state index in [2.05, 4.69) is 34.2 Å². The number of hydrogen-bond donors (Lipinski definition) is 1. The van der Waals surface area contributed by atoms with Crippen LogP contribution in [0, 0.1) is 5.82 Å². The fraction of sp³-hybridized carbons (Fsp3) is 0.214. The molecule has 2 heterocycles. The molecule has 3 aromatic rings. The first kappa shape index (κ1) is 12.5. The Morgan fingerprint density at radius 1 is 1.10 bits per heavy atom. The second kappa shape index (κ2) is 4.88. The molecule has 1 aromatic carbocycles. The van der Waals surface area contributed by atoms with Crippen LogP contribution < -0.4 is 0 Å². The quantitative estimate of drug-likeness (QED) is 0.793. The average Bonchev–Trinajstić information content (AvgIpc) is 3.08. The Kier molecular flexibility index (Phi) is 3.06. The number of aromatic amines is 1. The minimum Gasteiger partial charge on any atom is -0.415 e. The van der Waals surface area contributed by atoms with Crippen LogP contribution in [0.15, 0.2) is 34.7 Å². The molecule has 0 atom stereocenters. The second-order valence-electron chi connectivity index (χ2n) is 4.78. The predicted octanol–water partition coefficient (Wildman–Crippen LogP) is 3.39. The van der Waals surface area contributed by atoms with E-state index in [9.17, 15) is 4.39 Å². The summed E-state index contributed by atoms with van der Waals surface area (Å²) in [5.74, 6) is 0.722. The molecule has 0 unspecified atom stereocenters. The molecule has 0 aliphatic rings. The third-order valence-corrected chi connectivity index (χ3v) is 2.95. The first-order chi connectivity index (χ1) is 9.63. The van der Waals surface area contributed by atoms with E-state index in [1.165, 1.54) is 12.1 Å². The molecule has 0 aliphatic heterocycles. The molecule has 102 valence electrons. The largest absolute Gasteiger partial charge is 0.415 e. The third kappa shape index (κ3) is 2.32. The van der Waals surface area contributed by atoms with Gasteiger partial charge in [0.1, 0.15) is 11.5 Å². The molecule has 6 heteroatoms. The van der Waals surface area contributed by atoms with Crippen molar-refractivity contribution in [2.75, 3.05) is 0 Å². The molecule has 20 heavy (non-hydrogen) atoms. The average molecular weight is 272 g/mol. The molecule has 1 N–H and O–H groups in total. The van der Waals surface area contributed by atoms with Crippen LogP contribution in [-0.2, 0) is 0 Å². The van der Waals surface area contributed by atoms with Gasteiger partial charge >= 0.3 is 0 Å². The van der Waals surface area contributed by atoms with Crippen molar-refractivity contribution < 1.29 is 8.81 Å². The SMILES string of the molecule is CC(C)c1cc(-c2nnc(-c3ccc(F)cc3)o2)n[nH]1. The zero-order valence-corrected chi connectivity index (χ0v) is 11.1. The van der Waals surface area contributed by atoms with E-state index in [4.69, 9.17) is 4.42 Å². The molecule has 2 aromatic heterocycles. The molecule has 0 fully saturated rings. The van der Waals surface area contributed by atoms with E-state index < -0.39 is 0 Å². The number of aromatic nitrogens is 4. The highest BCUT2D eigenvalue weighted by Gasteiger charge is 2.14. The minimum atomic E-state index is -0.303. The maximum atomic E-state index is 12.9. The first-order valence-electron chi connectivity index (χ1n) is 6.28. The number of nitrogens with zero attached hydrogens (tertiary/aromatic N) is 3. The summed E-state index contributed by atoms with van der Waals surface area (Å²) in [7, 11) is 0. The summed E-state index contributed by atoms with van der Waals surface area (Å²) in [4.78, 5) is 0. The van der Waals surface area contributed by atoms with Crippen molar-refractivity contribution in [3.8, 4) is 23.0 Å². The molecule has 0 saturated heterocycles. The van der Waals surface area contributed by atoms with Crippen molar-refractivity contribution in [3.05, 3.63) is 41.8 Å². The summed E-state index contributed by atoms with van der Waals surface area (Å²) in [5.41, 5.74) is 2.28. The van der Waals surface area contributed by atoms with Gasteiger partial charge in [-0.3, -0.25) is 5.10 Å². The molecular formula is C14H13FN4O. The van der Waals surface area contributed by atoms with E-state index in [0.717, 1.165) is 5.69 Å². The van der Waals surface area contributed by atoms with Gasteiger partial charge in [0.25, 0.3) is 5.89 Å². The van der Waals surface area contributed by atoms with Gasteiger partial charge in [0.05, 0.1) is 0 Å². The Morgan fingerprint density at radius 2 is 1.80 bits per heavy atom. The molecule has 0 saturated carbocycles. The van der Waals surface area contributed by atoms with E-state index >= 15 is 0 Å². The van der Waals surface area contributed by atoms with Crippen LogP contribution in [0.3, 0.4) is 0 Å². The van der Waals surface area contributed by atoms with Crippen molar-refractivity contribution in [3.63, 3.8) is 0 Å². The lowest BCUT2D eigenvalue weighted by molar-refractivity contribution is 0.581. The van der Waals surface area contributed by atoms with Crippen molar-refractivity contribution in [2.45, 2.75) is 19.8 Å². The van der Waals surface area contributed by atoms with Gasteiger partial charge in [-0.25, -0.2) is 4.39 Å². The topological polar surface area (TPSA) is 67.6 Å². The second-order valence-corrected chi connectivity index (χ2v) is 4.78. The normalized spacial score (nSPS) is 11.2. The number of H-pyrrole nitrogens is 1. The molecular weight excluding hydrogens is 259 g/mol. The maximum absolute atomic E-state index is 12.9. The number of rotatable bonds is 3. The fourth-order valence-electron chi connectivity index (χ4n) is 1.78. The Labute approximate surface area is 114 Å². The van der Waals surface area contributed by atoms with Gasteiger partial charge in [-0.1, -0.05) is 13.8 Å². The number of hydrogen-bond acceptors (Lipinski definition) is 4. The predicted molar refractivity (Wildman–Crippen MR) is 71.4 cm³/mol. The third-order valence-electron chi connectivity index (χ3n) is 2.95. The zero-order chi connectivity index (χ0) is 14.1. The first-order valence-corrected chi connectivity index (χ1v) is 6.28. The Morgan fingerprint density at radius 3 is 2.45 bits per heavy atom. The molecule has 0 aliphatic carbocycles. The smallest absolute Gasteiger partial charge is 0.268 e. The van der Waals surface area contributed by atoms with Crippen molar-refractivity contribution in [1.29, 1.82) is 0 Å². The highest BCUT2D eigenvalue weighted by molar-refractivity contribution is 5.55. The number of halogens is 1. The van der Waals surface area contributed by atoms with Gasteiger partial charge in [-0.15, -0.1) is 10.2 Å². The van der Waals surface area contributed by atoms with E-state index in [0.29, 0.717) is 29.0 Å². The van der Waals surface area contributed by atoms with Crippen LogP contribution in [-0.4, -0.2) is 20.4 Å². The minimum absolute atomic E-state index is 0.303. The number of benzene rings is 1. The Bertz CT molecular complexity index is 715. The van der Waals surface area contributed by atoms with E-state index in [1.54, 1.807) is 12.1 Å². The summed E-state index contributed by atoms with van der Waals surface area (Å²) >= 11 is 0. The van der Waals surface area contributed by atoms with Gasteiger partial charge in [-0.2, -0.15) is 5.10 Å². The van der Waals surface area contributed by atoms with Gasteiger partial charge in [0.2, 0.25) is 5.89 Å². The summed E-state index contributed by atoms with van der Waals surface area (Å²) in [6.45, 7) is 4.13. The standard InChI is InChI=1S/C14H13FN4O/c1-8(2)11-7-12(17-16-11)14-19-18-13(20-14)9-3-5-10(15)6-4-9/h3-8H,1-2H3,(H,16,17). The van der Waals surface area contributed by atoms with Crippen molar-refractivity contribution in [1.82, 2.24) is 20.4 Å². The molecule has 0 bridgehead atoms. The highest BCUT2D eigenvalue weighted by Crippen LogP contribution is 2.24. The zero-order valence-electron chi connectivity index (χ0n) is 11.1. The summed E-state index contributed by atoms with van der Waals surface area (Å²) in [5, 5.41) is 15.0. The molecule has 3 rings (SSSR count). The lowest BCUT2D eigenvalue weighted by Crippen LogP contribution is -1.85. The molecule has 5 nitrogen and oxygen atoms in total. The van der Waals surface area contributed by atoms with Crippen LogP contribution in [0.2, 0.25) is 0 Å². The van der Waals surface area contributed by atoms with Crippen LogP contribution in [0.5, 0.6) is 0 Å². The highest BCUT2D eigenvalue weighted by atomic mass is 19.1. The monoisotopic (exact) mass is 272 g/mol. The van der Waals surface area contributed by atoms with Gasteiger partial charge in [0, 0.05) is 11.3 Å². The fourth-order valence-corrected chi connectivity index (χ4v) is 1.78. The van der Waals surface area contributed by atoms with E-state index in [1.807, 2.05) is 6.07 Å². The summed E-state index contributed by atoms with van der Waals surface area (Å²) < 4.78 is 18.4. The lowest BCUT2D eigenvalue weighted by atomic mass is 10.1. The molecule has 0 radical (unpaired) electrons. The van der Waals surface area contributed by atoms with Crippen molar-refractivity contribution >= 4 is 0 Å². The van der Waals surface area contributed by atoms with Crippen LogP contribution >= 0.6 is 0 Å². The van der Waals surface area contributed by atoms with Crippen LogP contribution in [0.1, 0.15) is 25.5 Å². The van der Waals surface area contributed by atoms with Gasteiger partial charge in [0.15, 0.2) is 0 Å². The van der Waals surface area contributed by atoms with E-state index in [-0.39, 0.29) is 5.82 Å². The summed E-state index contributed by atoms with van der Waals surface area (Å²) in [6, 6.07) is 7.77. The van der Waals surface area contributed by atoms with Crippen molar-refractivity contribution in [2.24, 2.45) is 0 Å². The summed E-state index contributed by atoms with van der Waals surface area (Å²) in [6.07, 6.45) is 0. The lowest BCUT2D eigenvalue weighted by Gasteiger charge is -1.96. The Balaban J connectivity index is 1.91. The molecule has 0 spiro atoms. The van der Waals surface area contributed by atoms with Crippen LogP contribution in [0.25, 0.3) is 23.0 Å². The number of nitrogens with one attached hydrogen (secondary N) is 1. The van der Waals surface area contributed by atoms with Gasteiger partial charge < -0.3 is 4.42 Å². The Hall–Kier alpha value is -2.50. The molecule has 0 amide bonds. The van der Waals surface area contributed by atoms with Gasteiger partial charge in [-0.05, 0) is 36.2 Å².